The van der Waals surface area contributed by atoms with Gasteiger partial charge in [0.15, 0.2) is 0 Å². The van der Waals surface area contributed by atoms with Gasteiger partial charge in [-0.2, -0.15) is 0 Å². The lowest BCUT2D eigenvalue weighted by Gasteiger charge is -2.32. The second-order valence-corrected chi connectivity index (χ2v) is 6.38. The summed E-state index contributed by atoms with van der Waals surface area (Å²) in [6.07, 6.45) is 6.98. The Hall–Kier alpha value is -1.19. The zero-order valence-electron chi connectivity index (χ0n) is 10.7. The van der Waals surface area contributed by atoms with Crippen molar-refractivity contribution < 1.29 is 14.4 Å². The molecule has 0 aromatic heterocycles. The predicted molar refractivity (Wildman–Crippen MR) is 75.8 cm³/mol. The molecular formula is C14H18NO3P. The van der Waals surface area contributed by atoms with Gasteiger partial charge in [0.05, 0.1) is 5.66 Å². The summed E-state index contributed by atoms with van der Waals surface area (Å²) in [4.78, 5) is 19.0. The van der Waals surface area contributed by atoms with Gasteiger partial charge in [-0.05, 0) is 12.6 Å². The van der Waals surface area contributed by atoms with Crippen molar-refractivity contribution in [2.45, 2.75) is 11.7 Å². The quantitative estimate of drug-likeness (QED) is 0.739. The molecule has 3 N–H and O–H groups in total. The highest BCUT2D eigenvalue weighted by Gasteiger charge is 2.38. The molecule has 0 fully saturated rings. The first-order valence-corrected chi connectivity index (χ1v) is 7.84. The molecule has 0 saturated heterocycles. The Morgan fingerprint density at radius 1 is 1.16 bits per heavy atom. The summed E-state index contributed by atoms with van der Waals surface area (Å²) < 4.78 is 11.6. The molecule has 0 unspecified atom stereocenters. The van der Waals surface area contributed by atoms with Crippen molar-refractivity contribution >= 4 is 7.60 Å². The minimum absolute atomic E-state index is 0.125. The van der Waals surface area contributed by atoms with Crippen LogP contribution in [0.25, 0.3) is 0 Å². The molecule has 5 heteroatoms. The molecule has 0 aliphatic heterocycles. The largest absolute Gasteiger partial charge is 0.333 e. The third-order valence-corrected chi connectivity index (χ3v) is 4.68. The van der Waals surface area contributed by atoms with Crippen LogP contribution in [0, 0.1) is 5.92 Å². The Bertz CT molecular complexity index is 521. The van der Waals surface area contributed by atoms with Crippen molar-refractivity contribution in [3.05, 3.63) is 60.2 Å². The molecule has 1 aliphatic rings. The van der Waals surface area contributed by atoms with E-state index in [1.807, 2.05) is 42.5 Å². The zero-order valence-corrected chi connectivity index (χ0v) is 11.6. The standard InChI is InChI=1S/C14H18NO3P/c1-15-14(11-7-3-2-4-8-11)12-9-5-6-10-13(12)19(16,17)18/h2-10,12-15H,1H3,(H2,16,17,18)/t12-,13+,14-/m0/s1. The Labute approximate surface area is 113 Å². The van der Waals surface area contributed by atoms with E-state index >= 15 is 0 Å². The van der Waals surface area contributed by atoms with E-state index in [1.165, 1.54) is 0 Å². The van der Waals surface area contributed by atoms with Crippen LogP contribution in [0.2, 0.25) is 0 Å². The molecule has 1 aliphatic carbocycles. The fraction of sp³-hybridized carbons (Fsp3) is 0.286. The van der Waals surface area contributed by atoms with Crippen LogP contribution in [0.15, 0.2) is 54.6 Å². The van der Waals surface area contributed by atoms with Gasteiger partial charge in [-0.3, -0.25) is 4.57 Å². The first-order valence-electron chi connectivity index (χ1n) is 6.16. The molecule has 0 bridgehead atoms. The van der Waals surface area contributed by atoms with Crippen molar-refractivity contribution in [3.8, 4) is 0 Å². The molecule has 102 valence electrons. The van der Waals surface area contributed by atoms with Crippen molar-refractivity contribution in [1.82, 2.24) is 5.32 Å². The fourth-order valence-electron chi connectivity index (χ4n) is 2.50. The van der Waals surface area contributed by atoms with Gasteiger partial charge in [-0.1, -0.05) is 54.6 Å². The molecule has 0 heterocycles. The molecule has 0 spiro atoms. The maximum absolute atomic E-state index is 11.6. The Morgan fingerprint density at radius 2 is 1.79 bits per heavy atom. The van der Waals surface area contributed by atoms with Gasteiger partial charge in [0.25, 0.3) is 0 Å². The molecule has 0 saturated carbocycles. The Kier molecular flexibility index (Phi) is 4.38. The van der Waals surface area contributed by atoms with Crippen LogP contribution in [0.1, 0.15) is 11.6 Å². The number of hydrogen-bond acceptors (Lipinski definition) is 2. The molecular weight excluding hydrogens is 261 g/mol. The molecule has 1 aromatic carbocycles. The first kappa shape index (κ1) is 14.2. The average Bonchev–Trinajstić information content (AvgIpc) is 2.40. The average molecular weight is 279 g/mol. The molecule has 2 rings (SSSR count). The summed E-state index contributed by atoms with van der Waals surface area (Å²) in [6, 6.07) is 9.57. The van der Waals surface area contributed by atoms with Gasteiger partial charge >= 0.3 is 7.60 Å². The molecule has 3 atom stereocenters. The summed E-state index contributed by atoms with van der Waals surface area (Å²) in [5.74, 6) is -0.266. The van der Waals surface area contributed by atoms with Gasteiger partial charge in [0, 0.05) is 12.0 Å². The zero-order chi connectivity index (χ0) is 13.9. The molecule has 19 heavy (non-hydrogen) atoms. The van der Waals surface area contributed by atoms with E-state index < -0.39 is 13.3 Å². The number of nitrogens with one attached hydrogen (secondary N) is 1. The van der Waals surface area contributed by atoms with Crippen LogP contribution >= 0.6 is 7.60 Å². The topological polar surface area (TPSA) is 69.6 Å². The SMILES string of the molecule is CN[C@@H](c1ccccc1)[C@H]1C=CC=C[C@H]1P(=O)(O)O. The van der Waals surface area contributed by atoms with Crippen molar-refractivity contribution in [1.29, 1.82) is 0 Å². The van der Waals surface area contributed by atoms with E-state index in [1.54, 1.807) is 19.2 Å². The van der Waals surface area contributed by atoms with E-state index in [9.17, 15) is 14.4 Å². The van der Waals surface area contributed by atoms with Crippen molar-refractivity contribution in [2.75, 3.05) is 7.05 Å². The monoisotopic (exact) mass is 279 g/mol. The second-order valence-electron chi connectivity index (χ2n) is 4.60. The first-order chi connectivity index (χ1) is 9.04. The number of rotatable bonds is 4. The lowest BCUT2D eigenvalue weighted by molar-refractivity contribution is 0.338. The maximum Gasteiger partial charge on any atom is 0.333 e. The minimum Gasteiger partial charge on any atom is -0.324 e. The van der Waals surface area contributed by atoms with Gasteiger partial charge in [0.1, 0.15) is 0 Å². The maximum atomic E-state index is 11.6. The van der Waals surface area contributed by atoms with Crippen LogP contribution in [0.3, 0.4) is 0 Å². The van der Waals surface area contributed by atoms with E-state index in [-0.39, 0.29) is 12.0 Å². The number of allylic oxidation sites excluding steroid dienone is 3. The fourth-order valence-corrected chi connectivity index (χ4v) is 3.54. The van der Waals surface area contributed by atoms with E-state index in [4.69, 9.17) is 0 Å². The van der Waals surface area contributed by atoms with E-state index in [0.717, 1.165) is 5.56 Å². The van der Waals surface area contributed by atoms with Crippen molar-refractivity contribution in [2.24, 2.45) is 5.92 Å². The summed E-state index contributed by atoms with van der Waals surface area (Å²) in [5.41, 5.74) is 0.239. The Morgan fingerprint density at radius 3 is 2.37 bits per heavy atom. The van der Waals surface area contributed by atoms with Crippen LogP contribution in [0.4, 0.5) is 0 Å². The molecule has 0 amide bonds. The number of benzene rings is 1. The van der Waals surface area contributed by atoms with Crippen LogP contribution in [-0.2, 0) is 4.57 Å². The summed E-state index contributed by atoms with van der Waals surface area (Å²) in [6.45, 7) is 0. The summed E-state index contributed by atoms with van der Waals surface area (Å²) in [5, 5.41) is 3.16. The minimum atomic E-state index is -4.16. The lowest BCUT2D eigenvalue weighted by Crippen LogP contribution is -2.32. The van der Waals surface area contributed by atoms with Crippen molar-refractivity contribution in [3.63, 3.8) is 0 Å². The van der Waals surface area contributed by atoms with Gasteiger partial charge < -0.3 is 15.1 Å². The predicted octanol–water partition coefficient (Wildman–Crippen LogP) is 2.24. The lowest BCUT2D eigenvalue weighted by atomic mass is 9.87. The highest BCUT2D eigenvalue weighted by atomic mass is 31.2. The smallest absolute Gasteiger partial charge is 0.324 e. The highest BCUT2D eigenvalue weighted by Crippen LogP contribution is 2.50. The Balaban J connectivity index is 2.34. The van der Waals surface area contributed by atoms with Gasteiger partial charge in [0.2, 0.25) is 0 Å². The van der Waals surface area contributed by atoms with E-state index in [2.05, 4.69) is 5.32 Å². The molecule has 0 radical (unpaired) electrons. The highest BCUT2D eigenvalue weighted by molar-refractivity contribution is 7.52. The van der Waals surface area contributed by atoms with Gasteiger partial charge in [-0.15, -0.1) is 0 Å². The third-order valence-electron chi connectivity index (χ3n) is 3.39. The van der Waals surface area contributed by atoms with E-state index in [0.29, 0.717) is 0 Å². The summed E-state index contributed by atoms with van der Waals surface area (Å²) in [7, 11) is -2.36. The van der Waals surface area contributed by atoms with Crippen LogP contribution in [-0.4, -0.2) is 22.5 Å². The third kappa shape index (κ3) is 3.23. The summed E-state index contributed by atoms with van der Waals surface area (Å²) >= 11 is 0. The van der Waals surface area contributed by atoms with Crippen LogP contribution < -0.4 is 5.32 Å². The normalized spacial score (nSPS) is 24.4. The van der Waals surface area contributed by atoms with Gasteiger partial charge in [-0.25, -0.2) is 0 Å². The second kappa shape index (κ2) is 5.85. The number of hydrogen-bond donors (Lipinski definition) is 3. The molecule has 1 aromatic rings. The molecule has 4 nitrogen and oxygen atoms in total. The van der Waals surface area contributed by atoms with Crippen LogP contribution in [0.5, 0.6) is 0 Å².